The number of carbonyl (C=O) groups is 3. The highest BCUT2D eigenvalue weighted by Crippen LogP contribution is 2.60. The summed E-state index contributed by atoms with van der Waals surface area (Å²) in [6.07, 6.45) is 11.2. The summed E-state index contributed by atoms with van der Waals surface area (Å²) in [7, 11) is 0. The van der Waals surface area contributed by atoms with Crippen LogP contribution >= 0.6 is 0 Å². The monoisotopic (exact) mass is 558 g/mol. The average molecular weight is 559 g/mol. The second-order valence-electron chi connectivity index (χ2n) is 13.1. The van der Waals surface area contributed by atoms with Crippen molar-refractivity contribution in [2.24, 2.45) is 23.2 Å². The van der Waals surface area contributed by atoms with Crippen LogP contribution in [0.25, 0.3) is 0 Å². The summed E-state index contributed by atoms with van der Waals surface area (Å²) in [5.74, 6) is 0.424. The van der Waals surface area contributed by atoms with Crippen LogP contribution in [0.3, 0.4) is 0 Å². The van der Waals surface area contributed by atoms with Crippen molar-refractivity contribution < 1.29 is 33.7 Å². The zero-order valence-corrected chi connectivity index (χ0v) is 25.6. The molecule has 0 spiro atoms. The van der Waals surface area contributed by atoms with E-state index in [1.807, 2.05) is 0 Å². The molecule has 0 heterocycles. The fourth-order valence-electron chi connectivity index (χ4n) is 7.66. The molecule has 0 aliphatic heterocycles. The molecule has 3 saturated carbocycles. The fraction of sp³-hybridized carbons (Fsp3) is 0.727. The van der Waals surface area contributed by atoms with Gasteiger partial charge in [0.1, 0.15) is 18.3 Å². The minimum atomic E-state index is -1.08. The second-order valence-corrected chi connectivity index (χ2v) is 13.1. The smallest absolute Gasteiger partial charge is 0.303 e. The molecule has 1 unspecified atom stereocenters. The minimum absolute atomic E-state index is 0.192. The summed E-state index contributed by atoms with van der Waals surface area (Å²) in [5, 5.41) is 10.5. The lowest BCUT2D eigenvalue weighted by atomic mass is 9.60. The third-order valence-electron chi connectivity index (χ3n) is 9.57. The molecule has 0 aromatic rings. The molecule has 0 saturated heterocycles. The summed E-state index contributed by atoms with van der Waals surface area (Å²) in [6.45, 7) is 16.6. The average Bonchev–Trinajstić information content (AvgIpc) is 3.18. The molecule has 0 aromatic heterocycles. The van der Waals surface area contributed by atoms with Gasteiger partial charge in [0.15, 0.2) is 0 Å². The molecular weight excluding hydrogens is 508 g/mol. The van der Waals surface area contributed by atoms with Crippen LogP contribution in [0.5, 0.6) is 0 Å². The number of allylic oxidation sites excluding steroid dienone is 3. The van der Waals surface area contributed by atoms with E-state index in [0.717, 1.165) is 43.3 Å². The van der Waals surface area contributed by atoms with E-state index in [1.54, 1.807) is 13.8 Å². The SMILES string of the molecule is C=C1/C(=C\C=C2/CCC[C@]3(C)[C@@H]([C@H](C)CCC(OC(C)=O)C(C)(C)O)CC[C@@H]23)C[C@@H](OC(C)=O)C[C@@H]1OC(C)=O. The number of ether oxygens (including phenoxy) is 3. The molecule has 0 aromatic carbocycles. The summed E-state index contributed by atoms with van der Waals surface area (Å²) in [5.41, 5.74) is 2.32. The Kier molecular flexibility index (Phi) is 10.5. The normalized spacial score (nSPS) is 32.4. The van der Waals surface area contributed by atoms with Gasteiger partial charge in [-0.1, -0.05) is 38.2 Å². The highest BCUT2D eigenvalue weighted by Gasteiger charge is 2.50. The molecule has 0 bridgehead atoms. The minimum Gasteiger partial charge on any atom is -0.462 e. The topological polar surface area (TPSA) is 99.1 Å². The molecule has 7 atom stereocenters. The lowest BCUT2D eigenvalue weighted by Crippen LogP contribution is -2.40. The molecule has 1 N–H and O–H groups in total. The summed E-state index contributed by atoms with van der Waals surface area (Å²) >= 11 is 0. The Morgan fingerprint density at radius 3 is 2.35 bits per heavy atom. The van der Waals surface area contributed by atoms with E-state index in [9.17, 15) is 19.5 Å². The molecule has 3 aliphatic carbocycles. The third-order valence-corrected chi connectivity index (χ3v) is 9.57. The first-order valence-electron chi connectivity index (χ1n) is 14.9. The van der Waals surface area contributed by atoms with Gasteiger partial charge < -0.3 is 19.3 Å². The first-order valence-corrected chi connectivity index (χ1v) is 14.9. The van der Waals surface area contributed by atoms with Gasteiger partial charge in [-0.3, -0.25) is 14.4 Å². The summed E-state index contributed by atoms with van der Waals surface area (Å²) < 4.78 is 16.5. The largest absolute Gasteiger partial charge is 0.462 e. The maximum Gasteiger partial charge on any atom is 0.303 e. The van der Waals surface area contributed by atoms with Crippen LogP contribution in [-0.2, 0) is 28.6 Å². The van der Waals surface area contributed by atoms with Gasteiger partial charge in [-0.15, -0.1) is 0 Å². The molecule has 7 nitrogen and oxygen atoms in total. The lowest BCUT2D eigenvalue weighted by molar-refractivity contribution is -0.160. The fourth-order valence-corrected chi connectivity index (χ4v) is 7.66. The van der Waals surface area contributed by atoms with Gasteiger partial charge in [0, 0.05) is 33.6 Å². The zero-order valence-electron chi connectivity index (χ0n) is 25.6. The van der Waals surface area contributed by atoms with Crippen molar-refractivity contribution in [2.75, 3.05) is 0 Å². The Morgan fingerprint density at radius 2 is 1.75 bits per heavy atom. The maximum absolute atomic E-state index is 11.7. The molecule has 0 amide bonds. The Balaban J connectivity index is 1.76. The number of carbonyl (C=O) groups excluding carboxylic acids is 3. The highest BCUT2D eigenvalue weighted by molar-refractivity contribution is 5.67. The van der Waals surface area contributed by atoms with Crippen molar-refractivity contribution in [1.29, 1.82) is 0 Å². The summed E-state index contributed by atoms with van der Waals surface area (Å²) in [4.78, 5) is 34.9. The standard InChI is InChI=1S/C33H50O7/c1-20(11-16-31(32(6,7)37)40-24(5)36)28-14-15-29-25(10-9-17-33(28,29)8)12-13-26-18-27(38-22(3)34)19-30(21(26)2)39-23(4)35/h12-13,20,27-31,37H,2,9-11,14-19H2,1,3-8H3/b25-12+,26-13-/t20-,27-,28-,29+,30+,31?,33-/m1/s1. The Labute approximate surface area is 240 Å². The molecule has 3 aliphatic rings. The summed E-state index contributed by atoms with van der Waals surface area (Å²) in [6, 6.07) is 0. The Morgan fingerprint density at radius 1 is 1.07 bits per heavy atom. The Hall–Kier alpha value is -2.41. The molecule has 7 heteroatoms. The van der Waals surface area contributed by atoms with Gasteiger partial charge in [-0.05, 0) is 93.1 Å². The lowest BCUT2D eigenvalue weighted by Gasteiger charge is -2.44. The van der Waals surface area contributed by atoms with Crippen LogP contribution in [0.2, 0.25) is 0 Å². The van der Waals surface area contributed by atoms with Crippen molar-refractivity contribution in [2.45, 2.75) is 130 Å². The third kappa shape index (κ3) is 7.86. The van der Waals surface area contributed by atoms with Crippen molar-refractivity contribution in [3.05, 3.63) is 35.5 Å². The number of fused-ring (bicyclic) bond motifs is 1. The number of esters is 3. The number of aliphatic hydroxyl groups is 1. The van der Waals surface area contributed by atoms with E-state index in [-0.39, 0.29) is 29.4 Å². The quantitative estimate of drug-likeness (QED) is 0.259. The van der Waals surface area contributed by atoms with Crippen molar-refractivity contribution in [1.82, 2.24) is 0 Å². The van der Waals surface area contributed by atoms with Gasteiger partial charge in [-0.25, -0.2) is 0 Å². The van der Waals surface area contributed by atoms with Crippen LogP contribution in [0.4, 0.5) is 0 Å². The molecule has 40 heavy (non-hydrogen) atoms. The van der Waals surface area contributed by atoms with Gasteiger partial charge in [0.25, 0.3) is 0 Å². The Bertz CT molecular complexity index is 1030. The second kappa shape index (κ2) is 13.1. The van der Waals surface area contributed by atoms with Gasteiger partial charge in [0.2, 0.25) is 0 Å². The van der Waals surface area contributed by atoms with Gasteiger partial charge >= 0.3 is 17.9 Å². The van der Waals surface area contributed by atoms with E-state index in [4.69, 9.17) is 14.2 Å². The molecule has 224 valence electrons. The molecule has 0 radical (unpaired) electrons. The number of hydrogen-bond donors (Lipinski definition) is 1. The molecule has 3 fully saturated rings. The van der Waals surface area contributed by atoms with Crippen LogP contribution < -0.4 is 0 Å². The van der Waals surface area contributed by atoms with Crippen LogP contribution in [-0.4, -0.2) is 46.9 Å². The van der Waals surface area contributed by atoms with E-state index < -0.39 is 17.8 Å². The first kappa shape index (κ1) is 32.1. The zero-order chi connectivity index (χ0) is 29.8. The van der Waals surface area contributed by atoms with Gasteiger partial charge in [0.05, 0.1) is 5.60 Å². The maximum atomic E-state index is 11.7. The number of rotatable bonds is 9. The van der Waals surface area contributed by atoms with Gasteiger partial charge in [-0.2, -0.15) is 0 Å². The predicted octanol–water partition coefficient (Wildman–Crippen LogP) is 6.39. The van der Waals surface area contributed by atoms with Crippen molar-refractivity contribution in [3.63, 3.8) is 0 Å². The van der Waals surface area contributed by atoms with Crippen LogP contribution in [0, 0.1) is 23.2 Å². The highest BCUT2D eigenvalue weighted by atomic mass is 16.6. The molecule has 3 rings (SSSR count). The van der Waals surface area contributed by atoms with E-state index >= 15 is 0 Å². The van der Waals surface area contributed by atoms with E-state index in [2.05, 4.69) is 32.6 Å². The van der Waals surface area contributed by atoms with E-state index in [0.29, 0.717) is 37.0 Å². The number of hydrogen-bond acceptors (Lipinski definition) is 7. The first-order chi connectivity index (χ1) is 18.6. The van der Waals surface area contributed by atoms with Crippen LogP contribution in [0.1, 0.15) is 106 Å². The molecular formula is C33H50O7. The predicted molar refractivity (Wildman–Crippen MR) is 154 cm³/mol. The van der Waals surface area contributed by atoms with Crippen molar-refractivity contribution >= 4 is 17.9 Å². The van der Waals surface area contributed by atoms with Crippen molar-refractivity contribution in [3.8, 4) is 0 Å². The van der Waals surface area contributed by atoms with E-state index in [1.165, 1.54) is 32.8 Å². The van der Waals surface area contributed by atoms with Crippen LogP contribution in [0.15, 0.2) is 35.5 Å².